The van der Waals surface area contributed by atoms with E-state index in [0.717, 1.165) is 12.0 Å². The Morgan fingerprint density at radius 3 is 2.60 bits per heavy atom. The summed E-state index contributed by atoms with van der Waals surface area (Å²) >= 11 is 6.20. The monoisotopic (exact) mass is 603 g/mol. The highest BCUT2D eigenvalue weighted by Crippen LogP contribution is 2.46. The Morgan fingerprint density at radius 1 is 1.21 bits per heavy atom. The first kappa shape index (κ1) is 29.9. The summed E-state index contributed by atoms with van der Waals surface area (Å²) in [6, 6.07) is 12.2. The first-order valence-corrected chi connectivity index (χ1v) is 14.2. The molecule has 2 unspecified atom stereocenters. The van der Waals surface area contributed by atoms with Crippen LogP contribution in [-0.2, 0) is 4.79 Å². The smallest absolute Gasteiger partial charge is 0.429 e. The van der Waals surface area contributed by atoms with E-state index in [-0.39, 0.29) is 28.8 Å². The molecule has 3 heterocycles. The summed E-state index contributed by atoms with van der Waals surface area (Å²) < 4.78 is 49.3. The Bertz CT molecular complexity index is 1460. The molecule has 2 aromatic carbocycles. The molecule has 3 atom stereocenters. The third kappa shape index (κ3) is 6.12. The van der Waals surface area contributed by atoms with Gasteiger partial charge in [-0.3, -0.25) is 4.79 Å². The lowest BCUT2D eigenvalue weighted by molar-refractivity contribution is -0.198. The normalized spacial score (nSPS) is 21.0. The van der Waals surface area contributed by atoms with Crippen molar-refractivity contribution in [2.45, 2.75) is 63.9 Å². The summed E-state index contributed by atoms with van der Waals surface area (Å²) in [5, 5.41) is 13.1. The number of benzene rings is 2. The van der Waals surface area contributed by atoms with Crippen molar-refractivity contribution in [1.82, 2.24) is 15.3 Å². The van der Waals surface area contributed by atoms with Crippen molar-refractivity contribution < 1.29 is 27.8 Å². The second kappa shape index (κ2) is 11.6. The predicted molar refractivity (Wildman–Crippen MR) is 155 cm³/mol. The zero-order chi connectivity index (χ0) is 30.2. The second-order valence-electron chi connectivity index (χ2n) is 11.1. The molecule has 4 N–H and O–H groups in total. The Morgan fingerprint density at radius 2 is 1.95 bits per heavy atom. The lowest BCUT2D eigenvalue weighted by atomic mass is 9.71. The fraction of sp³-hybridized carbons (Fsp3) is 0.433. The van der Waals surface area contributed by atoms with Crippen LogP contribution in [0, 0.1) is 12.3 Å². The first-order chi connectivity index (χ1) is 19.9. The van der Waals surface area contributed by atoms with E-state index in [2.05, 4.69) is 15.3 Å². The van der Waals surface area contributed by atoms with E-state index in [1.54, 1.807) is 18.2 Å². The Kier molecular flexibility index (Phi) is 8.26. The number of nitrogens with zero attached hydrogens (tertiary/aromatic N) is 3. The van der Waals surface area contributed by atoms with Crippen LogP contribution >= 0.6 is 11.6 Å². The molecule has 0 radical (unpaired) electrons. The van der Waals surface area contributed by atoms with Crippen molar-refractivity contribution in [3.05, 3.63) is 64.7 Å². The van der Waals surface area contributed by atoms with Crippen LogP contribution in [0.15, 0.2) is 48.5 Å². The molecule has 42 heavy (non-hydrogen) atoms. The summed E-state index contributed by atoms with van der Waals surface area (Å²) in [5.74, 6) is -1.01. The number of alkyl halides is 3. The molecule has 1 aromatic heterocycles. The topological polar surface area (TPSA) is 114 Å². The van der Waals surface area contributed by atoms with Gasteiger partial charge in [-0.25, -0.2) is 0 Å². The summed E-state index contributed by atoms with van der Waals surface area (Å²) in [5.41, 5.74) is 7.44. The molecule has 0 aliphatic carbocycles. The van der Waals surface area contributed by atoms with Gasteiger partial charge in [-0.2, -0.15) is 23.1 Å². The van der Waals surface area contributed by atoms with E-state index in [4.69, 9.17) is 22.1 Å². The van der Waals surface area contributed by atoms with Crippen LogP contribution in [0.3, 0.4) is 0 Å². The Balaban J connectivity index is 1.42. The molecule has 1 spiro atoms. The van der Waals surface area contributed by atoms with Crippen LogP contribution in [-0.4, -0.2) is 52.4 Å². The van der Waals surface area contributed by atoms with E-state index in [1.807, 2.05) is 24.8 Å². The fourth-order valence-corrected chi connectivity index (χ4v) is 6.54. The maximum Gasteiger partial charge on any atom is 0.429 e. The molecule has 8 nitrogen and oxygen atoms in total. The van der Waals surface area contributed by atoms with Gasteiger partial charge in [-0.15, -0.1) is 0 Å². The minimum Gasteiger partial charge on any atom is -0.480 e. The van der Waals surface area contributed by atoms with Crippen LogP contribution in [0.5, 0.6) is 5.88 Å². The maximum atomic E-state index is 14.6. The highest BCUT2D eigenvalue weighted by molar-refractivity contribution is 6.30. The van der Waals surface area contributed by atoms with Gasteiger partial charge in [0.15, 0.2) is 0 Å². The number of rotatable bonds is 7. The third-order valence-corrected chi connectivity index (χ3v) is 8.65. The number of aromatic nitrogens is 2. The molecule has 224 valence electrons. The van der Waals surface area contributed by atoms with E-state index in [9.17, 15) is 23.1 Å². The van der Waals surface area contributed by atoms with Crippen LogP contribution in [0.25, 0.3) is 11.1 Å². The van der Waals surface area contributed by atoms with Crippen LogP contribution in [0.1, 0.15) is 49.8 Å². The van der Waals surface area contributed by atoms with E-state index in [0.29, 0.717) is 54.3 Å². The third-order valence-electron chi connectivity index (χ3n) is 8.41. The zero-order valence-corrected chi connectivity index (χ0v) is 24.0. The van der Waals surface area contributed by atoms with E-state index >= 15 is 0 Å². The molecule has 0 bridgehead atoms. The Labute approximate surface area is 247 Å². The molecule has 5 rings (SSSR count). The average molecular weight is 604 g/mol. The number of nitrogens with one attached hydrogen (secondary N) is 1. The molecule has 2 aliphatic rings. The van der Waals surface area contributed by atoms with Crippen molar-refractivity contribution >= 4 is 29.3 Å². The molecule has 0 amide bonds. The van der Waals surface area contributed by atoms with Crippen molar-refractivity contribution in [3.63, 3.8) is 0 Å². The van der Waals surface area contributed by atoms with Gasteiger partial charge in [-0.1, -0.05) is 54.4 Å². The molecule has 2 saturated heterocycles. The molecule has 2 fully saturated rings. The van der Waals surface area contributed by atoms with Gasteiger partial charge in [0.25, 0.3) is 0 Å². The molecular formula is C30H33ClF3N5O3. The molecular weight excluding hydrogens is 571 g/mol. The standard InChI is InChI=1S/C30H33ClF3N5O3/c1-3-23-29(16-22(36-23)27(40)41)9-11-39(12-10-29)24-15-25(38-28(35)37-24)42-26(30(32,33)34)20-8-7-19(31)14-21(20)18-6-4-5-17(2)13-18/h4-8,13-15,22-23,26,36H,3,9-12,16H2,1-2H3,(H,40,41)(H2,35,37,38)/t22?,23?,26-/m1/s1. The fourth-order valence-electron chi connectivity index (χ4n) is 6.37. The average Bonchev–Trinajstić information content (AvgIpc) is 3.29. The highest BCUT2D eigenvalue weighted by Gasteiger charge is 2.50. The number of nitrogen functional groups attached to an aromatic ring is 1. The summed E-state index contributed by atoms with van der Waals surface area (Å²) in [7, 11) is 0. The largest absolute Gasteiger partial charge is 0.480 e. The van der Waals surface area contributed by atoms with Gasteiger partial charge in [-0.05, 0) is 61.3 Å². The molecule has 0 saturated carbocycles. The van der Waals surface area contributed by atoms with Gasteiger partial charge >= 0.3 is 12.1 Å². The first-order valence-electron chi connectivity index (χ1n) is 13.9. The Hall–Kier alpha value is -3.57. The van der Waals surface area contributed by atoms with Gasteiger partial charge < -0.3 is 25.8 Å². The summed E-state index contributed by atoms with van der Waals surface area (Å²) in [6.07, 6.45) is -4.38. The minimum atomic E-state index is -4.78. The number of piperidine rings is 1. The number of carboxylic acid groups (broad SMARTS) is 1. The van der Waals surface area contributed by atoms with E-state index < -0.39 is 24.3 Å². The number of carbonyl (C=O) groups is 1. The number of halogens is 4. The van der Waals surface area contributed by atoms with Crippen LogP contribution < -0.4 is 20.7 Å². The maximum absolute atomic E-state index is 14.6. The minimum absolute atomic E-state index is 0.0737. The number of hydrogen-bond acceptors (Lipinski definition) is 7. The van der Waals surface area contributed by atoms with Gasteiger partial charge in [0, 0.05) is 35.8 Å². The quantitative estimate of drug-likeness (QED) is 0.293. The van der Waals surface area contributed by atoms with Gasteiger partial charge in [0.1, 0.15) is 11.9 Å². The van der Waals surface area contributed by atoms with Crippen molar-refractivity contribution in [1.29, 1.82) is 0 Å². The number of aryl methyl sites for hydroxylation is 1. The van der Waals surface area contributed by atoms with Crippen molar-refractivity contribution in [3.8, 4) is 17.0 Å². The lowest BCUT2D eigenvalue weighted by Crippen LogP contribution is -2.46. The molecule has 2 aliphatic heterocycles. The molecule has 3 aromatic rings. The van der Waals surface area contributed by atoms with Crippen molar-refractivity contribution in [2.75, 3.05) is 23.7 Å². The predicted octanol–water partition coefficient (Wildman–Crippen LogP) is 6.18. The zero-order valence-electron chi connectivity index (χ0n) is 23.3. The molecule has 12 heteroatoms. The van der Waals surface area contributed by atoms with Gasteiger partial charge in [0.2, 0.25) is 17.9 Å². The second-order valence-corrected chi connectivity index (χ2v) is 11.6. The highest BCUT2D eigenvalue weighted by atomic mass is 35.5. The van der Waals surface area contributed by atoms with E-state index in [1.165, 1.54) is 24.3 Å². The number of anilines is 2. The summed E-state index contributed by atoms with van der Waals surface area (Å²) in [4.78, 5) is 21.8. The van der Waals surface area contributed by atoms with Gasteiger partial charge in [0.05, 0.1) is 0 Å². The lowest BCUT2D eigenvalue weighted by Gasteiger charge is -2.43. The summed E-state index contributed by atoms with van der Waals surface area (Å²) in [6.45, 7) is 4.97. The van der Waals surface area contributed by atoms with Crippen LogP contribution in [0.2, 0.25) is 5.02 Å². The van der Waals surface area contributed by atoms with Crippen molar-refractivity contribution in [2.24, 2.45) is 5.41 Å². The number of ether oxygens (including phenoxy) is 1. The number of hydrogen-bond donors (Lipinski definition) is 3. The number of nitrogens with two attached hydrogens (primary N) is 1. The number of carboxylic acids is 1. The SMILES string of the molecule is CCC1NC(C(=O)O)CC12CCN(c1cc(O[C@H](c3ccc(Cl)cc3-c3cccc(C)c3)C(F)(F)F)nc(N)n1)CC2. The van der Waals surface area contributed by atoms with Crippen LogP contribution in [0.4, 0.5) is 24.9 Å². The number of aliphatic carboxylic acids is 1.